The summed E-state index contributed by atoms with van der Waals surface area (Å²) in [4.78, 5) is 40.0. The van der Waals surface area contributed by atoms with Crippen LogP contribution in [-0.4, -0.2) is 84.1 Å². The van der Waals surface area contributed by atoms with Gasteiger partial charge in [0.05, 0.1) is 6.20 Å². The number of hydrogen-bond acceptors (Lipinski definition) is 7. The Bertz CT molecular complexity index is 1060. The van der Waals surface area contributed by atoms with Gasteiger partial charge in [-0.15, -0.1) is 0 Å². The fourth-order valence-corrected chi connectivity index (χ4v) is 5.20. The molecule has 4 N–H and O–H groups in total. The van der Waals surface area contributed by atoms with Gasteiger partial charge in [-0.1, -0.05) is 12.1 Å². The average Bonchev–Trinajstić information content (AvgIpc) is 2.90. The third-order valence-corrected chi connectivity index (χ3v) is 7.48. The van der Waals surface area contributed by atoms with E-state index in [2.05, 4.69) is 44.6 Å². The molecule has 1 atom stereocenters. The van der Waals surface area contributed by atoms with Crippen LogP contribution in [0.4, 0.5) is 22.1 Å². The van der Waals surface area contributed by atoms with Crippen molar-refractivity contribution in [1.82, 2.24) is 25.1 Å². The van der Waals surface area contributed by atoms with Gasteiger partial charge in [0.1, 0.15) is 5.82 Å². The van der Waals surface area contributed by atoms with Crippen LogP contribution in [0.1, 0.15) is 61.5 Å². The van der Waals surface area contributed by atoms with Crippen molar-refractivity contribution >= 4 is 29.3 Å². The van der Waals surface area contributed by atoms with Crippen LogP contribution in [0.2, 0.25) is 0 Å². The van der Waals surface area contributed by atoms with Crippen LogP contribution in [0.25, 0.3) is 0 Å². The quantitative estimate of drug-likeness (QED) is 0.501. The van der Waals surface area contributed by atoms with Gasteiger partial charge >= 0.3 is 6.03 Å². The number of aromatic nitrogens is 2. The molecule has 3 heterocycles. The highest BCUT2D eigenvalue weighted by Gasteiger charge is 2.25. The Morgan fingerprint density at radius 2 is 1.78 bits per heavy atom. The summed E-state index contributed by atoms with van der Waals surface area (Å²) in [5.74, 6) is 0.930. The number of likely N-dealkylation sites (tertiary alicyclic amines) is 1. The smallest absolute Gasteiger partial charge is 0.317 e. The van der Waals surface area contributed by atoms with E-state index in [4.69, 9.17) is 10.7 Å². The van der Waals surface area contributed by atoms with Crippen LogP contribution in [0.3, 0.4) is 0 Å². The first-order chi connectivity index (χ1) is 17.9. The Morgan fingerprint density at radius 1 is 1.08 bits per heavy atom. The average molecular weight is 509 g/mol. The fraction of sp³-hybridized carbons (Fsp3) is 0.556. The number of hydrogen-bond donors (Lipinski definition) is 3. The number of carbonyl (C=O) groups excluding carboxylic acids is 2. The minimum Gasteiger partial charge on any atom is -0.364 e. The molecule has 2 fully saturated rings. The van der Waals surface area contributed by atoms with Crippen molar-refractivity contribution in [2.75, 3.05) is 56.5 Å². The second-order valence-corrected chi connectivity index (χ2v) is 10.0. The van der Waals surface area contributed by atoms with E-state index in [9.17, 15) is 9.59 Å². The number of nitrogens with zero attached hydrogens (tertiary/aromatic N) is 5. The molecular formula is C27H40N8O2. The highest BCUT2D eigenvalue weighted by atomic mass is 16.2. The topological polar surface area (TPSA) is 120 Å². The van der Waals surface area contributed by atoms with E-state index in [1.54, 1.807) is 11.1 Å². The van der Waals surface area contributed by atoms with Gasteiger partial charge in [-0.25, -0.2) is 14.8 Å². The van der Waals surface area contributed by atoms with Crippen LogP contribution in [0.15, 0.2) is 30.5 Å². The first-order valence-corrected chi connectivity index (χ1v) is 13.4. The molecule has 4 rings (SSSR count). The normalized spacial score (nSPS) is 18.9. The maximum absolute atomic E-state index is 12.5. The number of urea groups is 1. The third-order valence-electron chi connectivity index (χ3n) is 7.48. The van der Waals surface area contributed by atoms with Crippen LogP contribution in [0, 0.1) is 0 Å². The highest BCUT2D eigenvalue weighted by molar-refractivity contribution is 5.96. The van der Waals surface area contributed by atoms with Crippen LogP contribution >= 0.6 is 0 Å². The summed E-state index contributed by atoms with van der Waals surface area (Å²) in [7, 11) is 2.17. The summed E-state index contributed by atoms with van der Waals surface area (Å²) >= 11 is 0. The first kappa shape index (κ1) is 26.7. The molecule has 37 heavy (non-hydrogen) atoms. The minimum absolute atomic E-state index is 0.0167. The van der Waals surface area contributed by atoms with Crippen molar-refractivity contribution in [1.29, 1.82) is 0 Å². The summed E-state index contributed by atoms with van der Waals surface area (Å²) in [6.45, 7) is 8.96. The number of carbonyl (C=O) groups is 2. The Kier molecular flexibility index (Phi) is 8.81. The monoisotopic (exact) mass is 508 g/mol. The van der Waals surface area contributed by atoms with Gasteiger partial charge in [-0.2, -0.15) is 0 Å². The molecule has 2 aliphatic heterocycles. The third kappa shape index (κ3) is 6.68. The summed E-state index contributed by atoms with van der Waals surface area (Å²) in [6, 6.07) is 8.31. The molecule has 200 valence electrons. The molecule has 10 heteroatoms. The Labute approximate surface area is 219 Å². The van der Waals surface area contributed by atoms with Crippen molar-refractivity contribution in [3.63, 3.8) is 0 Å². The zero-order valence-electron chi connectivity index (χ0n) is 22.2. The summed E-state index contributed by atoms with van der Waals surface area (Å²) in [6.07, 6.45) is 5.74. The van der Waals surface area contributed by atoms with Crippen LogP contribution in [0.5, 0.6) is 0 Å². The largest absolute Gasteiger partial charge is 0.364 e. The molecule has 0 unspecified atom stereocenters. The number of nitrogens with one attached hydrogen (secondary N) is 2. The van der Waals surface area contributed by atoms with E-state index >= 15 is 0 Å². The second-order valence-electron chi connectivity index (χ2n) is 10.0. The molecule has 0 aliphatic carbocycles. The van der Waals surface area contributed by atoms with Crippen molar-refractivity contribution in [2.24, 2.45) is 5.73 Å². The molecule has 0 spiro atoms. The molecule has 2 aromatic rings. The molecule has 1 aromatic heterocycles. The van der Waals surface area contributed by atoms with Gasteiger partial charge in [-0.05, 0) is 83.3 Å². The van der Waals surface area contributed by atoms with E-state index in [0.717, 1.165) is 51.0 Å². The van der Waals surface area contributed by atoms with Crippen LogP contribution < -0.4 is 21.3 Å². The molecule has 0 radical (unpaired) electrons. The van der Waals surface area contributed by atoms with Gasteiger partial charge in [0, 0.05) is 37.9 Å². The van der Waals surface area contributed by atoms with Gasteiger partial charge in [-0.3, -0.25) is 4.79 Å². The number of benzene rings is 1. The van der Waals surface area contributed by atoms with Crippen molar-refractivity contribution in [3.8, 4) is 0 Å². The number of rotatable bonds is 8. The standard InChI is InChI=1S/C27H40N8O2/c1-4-34(5-2)27(37)31-22-7-6-14-35(18-22)23-17-29-24(25(28)36)26(32-23)30-21-10-8-19(9-11-21)20-12-15-33(3)16-13-20/h8-11,17,20,22H,4-7,12-16,18H2,1-3H3,(H2,28,36)(H,30,32)(H,31,37)/t22-/m1/s1. The number of anilines is 3. The predicted molar refractivity (Wildman–Crippen MR) is 146 cm³/mol. The molecule has 10 nitrogen and oxygen atoms in total. The molecule has 3 amide bonds. The van der Waals surface area contributed by atoms with Gasteiger partial charge in [0.2, 0.25) is 0 Å². The molecule has 0 bridgehead atoms. The SMILES string of the molecule is CCN(CC)C(=O)N[C@@H]1CCCN(c2cnc(C(N)=O)c(Nc3ccc(C4CCN(C)CC4)cc3)n2)C1. The van der Waals surface area contributed by atoms with Crippen molar-refractivity contribution in [3.05, 3.63) is 41.7 Å². The molecule has 1 aromatic carbocycles. The van der Waals surface area contributed by atoms with Gasteiger partial charge in [0.15, 0.2) is 11.5 Å². The molecule has 2 aliphatic rings. The number of amides is 3. The lowest BCUT2D eigenvalue weighted by molar-refractivity contribution is 0.0996. The first-order valence-electron chi connectivity index (χ1n) is 13.4. The molecular weight excluding hydrogens is 468 g/mol. The van der Waals surface area contributed by atoms with E-state index in [1.165, 1.54) is 5.56 Å². The van der Waals surface area contributed by atoms with E-state index < -0.39 is 5.91 Å². The Hall–Kier alpha value is -3.40. The number of nitrogens with two attached hydrogens (primary N) is 1. The Morgan fingerprint density at radius 3 is 2.43 bits per heavy atom. The minimum atomic E-state index is -0.632. The van der Waals surface area contributed by atoms with E-state index in [0.29, 0.717) is 37.2 Å². The molecule has 0 saturated carbocycles. The maximum Gasteiger partial charge on any atom is 0.317 e. The fourth-order valence-electron chi connectivity index (χ4n) is 5.20. The second kappa shape index (κ2) is 12.2. The lowest BCUT2D eigenvalue weighted by atomic mass is 9.89. The van der Waals surface area contributed by atoms with Gasteiger partial charge in [0.25, 0.3) is 5.91 Å². The summed E-state index contributed by atoms with van der Waals surface area (Å²) in [5.41, 5.74) is 7.87. The van der Waals surface area contributed by atoms with E-state index in [1.807, 2.05) is 26.0 Å². The zero-order chi connectivity index (χ0) is 26.4. The lowest BCUT2D eigenvalue weighted by Gasteiger charge is -2.35. The predicted octanol–water partition coefficient (Wildman–Crippen LogP) is 3.15. The van der Waals surface area contributed by atoms with E-state index in [-0.39, 0.29) is 17.8 Å². The lowest BCUT2D eigenvalue weighted by Crippen LogP contribution is -2.51. The molecule has 2 saturated heterocycles. The Balaban J connectivity index is 1.46. The highest BCUT2D eigenvalue weighted by Crippen LogP contribution is 2.29. The van der Waals surface area contributed by atoms with Gasteiger partial charge < -0.3 is 31.1 Å². The van der Waals surface area contributed by atoms with Crippen molar-refractivity contribution < 1.29 is 9.59 Å². The number of piperidine rings is 2. The number of primary amides is 1. The van der Waals surface area contributed by atoms with Crippen LogP contribution in [-0.2, 0) is 0 Å². The zero-order valence-corrected chi connectivity index (χ0v) is 22.2. The maximum atomic E-state index is 12.5. The van der Waals surface area contributed by atoms with Crippen molar-refractivity contribution in [2.45, 2.75) is 51.5 Å². The summed E-state index contributed by atoms with van der Waals surface area (Å²) < 4.78 is 0. The summed E-state index contributed by atoms with van der Waals surface area (Å²) in [5, 5.41) is 6.40.